The highest BCUT2D eigenvalue weighted by Crippen LogP contribution is 2.61. The molecule has 0 spiro atoms. The summed E-state index contributed by atoms with van der Waals surface area (Å²) in [5.74, 6) is 2.75. The minimum absolute atomic E-state index is 0.614. The minimum atomic E-state index is 0.614. The van der Waals surface area contributed by atoms with Crippen molar-refractivity contribution in [1.82, 2.24) is 0 Å². The fraction of sp³-hybridized carbons (Fsp3) is 0.556. The van der Waals surface area contributed by atoms with E-state index >= 15 is 0 Å². The first-order chi connectivity index (χ1) is 13.2. The van der Waals surface area contributed by atoms with Crippen molar-refractivity contribution >= 4 is 0 Å². The summed E-state index contributed by atoms with van der Waals surface area (Å²) in [5.41, 5.74) is 8.65. The molecule has 0 unspecified atom stereocenters. The van der Waals surface area contributed by atoms with Gasteiger partial charge in [0, 0.05) is 0 Å². The minimum Gasteiger partial charge on any atom is -0.0622 e. The standard InChI is InChI=1S/C27H34/c1-19-11-13-22-23(25(19)18-20-8-4-3-5-9-20)15-16-26-24(22)14-12-21-10-6-7-17-27(21,26)2/h3-5,8-9,11,13,21,24,26H,6-7,10,12,14-18H2,1-2H3/t21-,24-,26-,27-/m0/s1. The van der Waals surface area contributed by atoms with E-state index in [1.165, 1.54) is 62.5 Å². The van der Waals surface area contributed by atoms with Crippen LogP contribution in [0.15, 0.2) is 42.5 Å². The van der Waals surface area contributed by atoms with Gasteiger partial charge in [-0.2, -0.15) is 0 Å². The SMILES string of the molecule is Cc1ccc2c(c1Cc1ccccc1)CC[C@H]1[C@H]2CC[C@@H]2CCCC[C@@]21C. The normalized spacial score (nSPS) is 32.3. The third-order valence-corrected chi connectivity index (χ3v) is 8.64. The highest BCUT2D eigenvalue weighted by molar-refractivity contribution is 5.47. The van der Waals surface area contributed by atoms with Gasteiger partial charge in [0.25, 0.3) is 0 Å². The second-order valence-electron chi connectivity index (χ2n) is 9.87. The third kappa shape index (κ3) is 2.87. The Morgan fingerprint density at radius 1 is 0.926 bits per heavy atom. The smallest absolute Gasteiger partial charge is 0.00203 e. The van der Waals surface area contributed by atoms with E-state index in [-0.39, 0.29) is 0 Å². The summed E-state index contributed by atoms with van der Waals surface area (Å²) in [6.45, 7) is 4.99. The molecule has 2 saturated carbocycles. The van der Waals surface area contributed by atoms with E-state index in [4.69, 9.17) is 0 Å². The van der Waals surface area contributed by atoms with Crippen molar-refractivity contribution in [3.05, 3.63) is 70.3 Å². The summed E-state index contributed by atoms with van der Waals surface area (Å²) in [7, 11) is 0. The zero-order valence-corrected chi connectivity index (χ0v) is 17.1. The number of rotatable bonds is 2. The van der Waals surface area contributed by atoms with Crippen LogP contribution in [0.2, 0.25) is 0 Å². The number of hydrogen-bond donors (Lipinski definition) is 0. The Labute approximate surface area is 165 Å². The molecule has 5 rings (SSSR count). The highest BCUT2D eigenvalue weighted by atomic mass is 14.5. The number of aryl methyl sites for hydroxylation is 1. The number of hydrogen-bond acceptors (Lipinski definition) is 0. The topological polar surface area (TPSA) is 0 Å². The Balaban J connectivity index is 1.52. The van der Waals surface area contributed by atoms with Crippen LogP contribution in [-0.4, -0.2) is 0 Å². The summed E-state index contributed by atoms with van der Waals surface area (Å²) in [6.07, 6.45) is 12.7. The first kappa shape index (κ1) is 17.5. The van der Waals surface area contributed by atoms with E-state index in [1.54, 1.807) is 16.7 Å². The van der Waals surface area contributed by atoms with Gasteiger partial charge in [-0.1, -0.05) is 62.2 Å². The van der Waals surface area contributed by atoms with E-state index in [0.717, 1.165) is 24.2 Å². The zero-order valence-electron chi connectivity index (χ0n) is 17.1. The van der Waals surface area contributed by atoms with Gasteiger partial charge in [0.1, 0.15) is 0 Å². The molecular weight excluding hydrogens is 324 g/mol. The lowest BCUT2D eigenvalue weighted by molar-refractivity contribution is -0.0204. The summed E-state index contributed by atoms with van der Waals surface area (Å²) in [6, 6.07) is 16.0. The van der Waals surface area contributed by atoms with E-state index in [2.05, 4.69) is 56.3 Å². The maximum Gasteiger partial charge on any atom is -0.00203 e. The monoisotopic (exact) mass is 358 g/mol. The molecule has 27 heavy (non-hydrogen) atoms. The summed E-state index contributed by atoms with van der Waals surface area (Å²) >= 11 is 0. The van der Waals surface area contributed by atoms with Crippen molar-refractivity contribution in [2.45, 2.75) is 77.6 Å². The molecule has 0 saturated heterocycles. The van der Waals surface area contributed by atoms with E-state index < -0.39 is 0 Å². The van der Waals surface area contributed by atoms with Gasteiger partial charge >= 0.3 is 0 Å². The van der Waals surface area contributed by atoms with Crippen molar-refractivity contribution in [3.63, 3.8) is 0 Å². The zero-order chi connectivity index (χ0) is 18.4. The van der Waals surface area contributed by atoms with Gasteiger partial charge in [-0.15, -0.1) is 0 Å². The molecule has 142 valence electrons. The van der Waals surface area contributed by atoms with Crippen molar-refractivity contribution in [3.8, 4) is 0 Å². The average molecular weight is 359 g/mol. The molecular formula is C27H34. The molecule has 2 aromatic rings. The predicted molar refractivity (Wildman–Crippen MR) is 114 cm³/mol. The van der Waals surface area contributed by atoms with Crippen LogP contribution in [0.4, 0.5) is 0 Å². The van der Waals surface area contributed by atoms with Gasteiger partial charge in [-0.05, 0) is 103 Å². The molecule has 2 fully saturated rings. The molecule has 4 atom stereocenters. The van der Waals surface area contributed by atoms with Gasteiger partial charge in [-0.25, -0.2) is 0 Å². The summed E-state index contributed by atoms with van der Waals surface area (Å²) < 4.78 is 0. The molecule has 0 aromatic heterocycles. The lowest BCUT2D eigenvalue weighted by Crippen LogP contribution is -2.46. The van der Waals surface area contributed by atoms with Crippen molar-refractivity contribution in [2.24, 2.45) is 17.3 Å². The fourth-order valence-electron chi connectivity index (χ4n) is 7.15. The van der Waals surface area contributed by atoms with Crippen LogP contribution in [0.5, 0.6) is 0 Å². The van der Waals surface area contributed by atoms with Gasteiger partial charge in [0.2, 0.25) is 0 Å². The van der Waals surface area contributed by atoms with Crippen LogP contribution in [0, 0.1) is 24.2 Å². The van der Waals surface area contributed by atoms with Crippen LogP contribution < -0.4 is 0 Å². The molecule has 0 radical (unpaired) electrons. The maximum absolute atomic E-state index is 2.66. The first-order valence-corrected chi connectivity index (χ1v) is 11.3. The number of fused-ring (bicyclic) bond motifs is 5. The van der Waals surface area contributed by atoms with Crippen LogP contribution in [0.1, 0.15) is 85.6 Å². The van der Waals surface area contributed by atoms with E-state index in [9.17, 15) is 0 Å². The molecule has 0 amide bonds. The van der Waals surface area contributed by atoms with Crippen LogP contribution in [0.3, 0.4) is 0 Å². The average Bonchev–Trinajstić information content (AvgIpc) is 2.70. The van der Waals surface area contributed by atoms with Gasteiger partial charge < -0.3 is 0 Å². The quantitative estimate of drug-likeness (QED) is 0.531. The second-order valence-corrected chi connectivity index (χ2v) is 9.87. The maximum atomic E-state index is 2.66. The Morgan fingerprint density at radius 3 is 2.63 bits per heavy atom. The lowest BCUT2D eigenvalue weighted by Gasteiger charge is -2.56. The molecule has 3 aliphatic carbocycles. The van der Waals surface area contributed by atoms with Crippen molar-refractivity contribution in [1.29, 1.82) is 0 Å². The van der Waals surface area contributed by atoms with Gasteiger partial charge in [0.15, 0.2) is 0 Å². The Morgan fingerprint density at radius 2 is 1.78 bits per heavy atom. The lowest BCUT2D eigenvalue weighted by atomic mass is 9.49. The molecule has 0 N–H and O–H groups in total. The van der Waals surface area contributed by atoms with Gasteiger partial charge in [-0.3, -0.25) is 0 Å². The highest BCUT2D eigenvalue weighted by Gasteiger charge is 2.50. The first-order valence-electron chi connectivity index (χ1n) is 11.3. The fourth-order valence-corrected chi connectivity index (χ4v) is 7.15. The Hall–Kier alpha value is -1.56. The Kier molecular flexibility index (Phi) is 4.42. The van der Waals surface area contributed by atoms with Gasteiger partial charge in [0.05, 0.1) is 0 Å². The molecule has 0 bridgehead atoms. The molecule has 0 heterocycles. The van der Waals surface area contributed by atoms with E-state index in [0.29, 0.717) is 5.41 Å². The molecule has 0 nitrogen and oxygen atoms in total. The molecule has 3 aliphatic rings. The second kappa shape index (κ2) is 6.80. The summed E-state index contributed by atoms with van der Waals surface area (Å²) in [5, 5.41) is 0. The third-order valence-electron chi connectivity index (χ3n) is 8.64. The number of benzene rings is 2. The predicted octanol–water partition coefficient (Wildman–Crippen LogP) is 7.22. The largest absolute Gasteiger partial charge is 0.0622 e. The Bertz CT molecular complexity index is 817. The van der Waals surface area contributed by atoms with Crippen molar-refractivity contribution < 1.29 is 0 Å². The summed E-state index contributed by atoms with van der Waals surface area (Å²) in [4.78, 5) is 0. The molecule has 0 heteroatoms. The van der Waals surface area contributed by atoms with E-state index in [1.807, 2.05) is 0 Å². The van der Waals surface area contributed by atoms with Crippen LogP contribution >= 0.6 is 0 Å². The molecule has 2 aromatic carbocycles. The van der Waals surface area contributed by atoms with Crippen LogP contribution in [0.25, 0.3) is 0 Å². The van der Waals surface area contributed by atoms with Crippen LogP contribution in [-0.2, 0) is 12.8 Å². The van der Waals surface area contributed by atoms with Crippen molar-refractivity contribution in [2.75, 3.05) is 0 Å². The molecule has 0 aliphatic heterocycles.